The molecule has 0 radical (unpaired) electrons. The zero-order valence-electron chi connectivity index (χ0n) is 17.7. The Hall–Kier alpha value is -3.38. The van der Waals surface area contributed by atoms with Crippen molar-refractivity contribution in [1.29, 1.82) is 5.26 Å². The highest BCUT2D eigenvalue weighted by Crippen LogP contribution is 2.39. The van der Waals surface area contributed by atoms with Crippen LogP contribution < -0.4 is 10.5 Å². The van der Waals surface area contributed by atoms with E-state index in [0.29, 0.717) is 24.3 Å². The van der Waals surface area contributed by atoms with Crippen molar-refractivity contribution < 1.29 is 13.2 Å². The summed E-state index contributed by atoms with van der Waals surface area (Å²) in [6, 6.07) is 13.3. The van der Waals surface area contributed by atoms with E-state index in [2.05, 4.69) is 16.0 Å². The van der Waals surface area contributed by atoms with Crippen LogP contribution >= 0.6 is 11.3 Å². The van der Waals surface area contributed by atoms with Crippen molar-refractivity contribution in [3.05, 3.63) is 69.0 Å². The molecule has 0 spiro atoms. The maximum absolute atomic E-state index is 13.0. The Kier molecular flexibility index (Phi) is 5.13. The highest BCUT2D eigenvalue weighted by Gasteiger charge is 2.31. The molecule has 0 N–H and O–H groups in total. The number of fused-ring (bicyclic) bond motifs is 2. The van der Waals surface area contributed by atoms with Gasteiger partial charge in [0.05, 0.1) is 32.0 Å². The van der Waals surface area contributed by atoms with Gasteiger partial charge in [-0.3, -0.25) is 4.79 Å². The minimum Gasteiger partial charge on any atom is -0.370 e. The fourth-order valence-electron chi connectivity index (χ4n) is 4.55. The van der Waals surface area contributed by atoms with Crippen LogP contribution in [-0.4, -0.2) is 22.6 Å². The molecule has 4 aromatic rings. The molecule has 0 aliphatic carbocycles. The second-order valence-electron chi connectivity index (χ2n) is 8.21. The molecule has 3 heterocycles. The number of hydrogen-bond acceptors (Lipinski definition) is 5. The van der Waals surface area contributed by atoms with E-state index in [-0.39, 0.29) is 17.0 Å². The molecule has 33 heavy (non-hydrogen) atoms. The first-order valence-corrected chi connectivity index (χ1v) is 11.3. The standard InChI is InChI=1S/C24H19F3N4OS/c1-30-19-5-3-2-4-16(19)21(17(13-28)23(30)32)31-10-8-14(9-11-31)22-29-18-12-15(24(25,26)27)6-7-20(18)33-22/h2-7,12,14H,8-11H2,1H3. The summed E-state index contributed by atoms with van der Waals surface area (Å²) in [4.78, 5) is 19.4. The molecule has 1 saturated heterocycles. The third-order valence-corrected chi connectivity index (χ3v) is 7.48. The van der Waals surface area contributed by atoms with Crippen LogP contribution in [0.2, 0.25) is 0 Å². The highest BCUT2D eigenvalue weighted by molar-refractivity contribution is 7.18. The Morgan fingerprint density at radius 1 is 1.15 bits per heavy atom. The first-order chi connectivity index (χ1) is 15.8. The van der Waals surface area contributed by atoms with Crippen molar-refractivity contribution in [2.75, 3.05) is 18.0 Å². The number of hydrogen-bond donors (Lipinski definition) is 0. The fourth-order valence-corrected chi connectivity index (χ4v) is 5.67. The Morgan fingerprint density at radius 2 is 1.88 bits per heavy atom. The summed E-state index contributed by atoms with van der Waals surface area (Å²) in [6.45, 7) is 1.25. The van der Waals surface area contributed by atoms with Crippen LogP contribution in [0.4, 0.5) is 18.9 Å². The molecule has 5 rings (SSSR count). The lowest BCUT2D eigenvalue weighted by Crippen LogP contribution is -2.35. The van der Waals surface area contributed by atoms with Crippen molar-refractivity contribution in [3.8, 4) is 6.07 Å². The fraction of sp³-hybridized carbons (Fsp3) is 0.292. The van der Waals surface area contributed by atoms with Crippen molar-refractivity contribution >= 4 is 38.1 Å². The first kappa shape index (κ1) is 21.5. The van der Waals surface area contributed by atoms with Gasteiger partial charge in [0.25, 0.3) is 5.56 Å². The minimum atomic E-state index is -4.39. The summed E-state index contributed by atoms with van der Waals surface area (Å²) in [5, 5.41) is 11.4. The first-order valence-electron chi connectivity index (χ1n) is 10.5. The molecule has 0 bridgehead atoms. The Balaban J connectivity index is 1.45. The average molecular weight is 469 g/mol. The smallest absolute Gasteiger partial charge is 0.370 e. The van der Waals surface area contributed by atoms with Crippen molar-refractivity contribution in [1.82, 2.24) is 9.55 Å². The van der Waals surface area contributed by atoms with Crippen molar-refractivity contribution in [3.63, 3.8) is 0 Å². The van der Waals surface area contributed by atoms with Crippen molar-refractivity contribution in [2.45, 2.75) is 24.9 Å². The van der Waals surface area contributed by atoms with Gasteiger partial charge in [-0.25, -0.2) is 4.98 Å². The predicted molar refractivity (Wildman–Crippen MR) is 123 cm³/mol. The zero-order chi connectivity index (χ0) is 23.3. The summed E-state index contributed by atoms with van der Waals surface area (Å²) < 4.78 is 41.3. The monoisotopic (exact) mass is 468 g/mol. The number of aryl methyl sites for hydroxylation is 1. The number of alkyl halides is 3. The highest BCUT2D eigenvalue weighted by atomic mass is 32.1. The van der Waals surface area contributed by atoms with Crippen LogP contribution in [0.25, 0.3) is 21.1 Å². The molecule has 0 atom stereocenters. The van der Waals surface area contributed by atoms with E-state index in [0.717, 1.165) is 45.6 Å². The molecule has 0 amide bonds. The van der Waals surface area contributed by atoms with Gasteiger partial charge in [0.2, 0.25) is 0 Å². The second kappa shape index (κ2) is 7.89. The molecule has 1 fully saturated rings. The molecule has 2 aromatic carbocycles. The number of benzene rings is 2. The number of nitrogens with zero attached hydrogens (tertiary/aromatic N) is 4. The molecular formula is C24H19F3N4OS. The lowest BCUT2D eigenvalue weighted by Gasteiger charge is -2.34. The van der Waals surface area contributed by atoms with Gasteiger partial charge in [-0.05, 0) is 37.1 Å². The van der Waals surface area contributed by atoms with E-state index in [4.69, 9.17) is 0 Å². The third-order valence-electron chi connectivity index (χ3n) is 6.28. The maximum Gasteiger partial charge on any atom is 0.416 e. The average Bonchev–Trinajstić information content (AvgIpc) is 3.24. The number of nitriles is 1. The summed E-state index contributed by atoms with van der Waals surface area (Å²) in [7, 11) is 1.67. The predicted octanol–water partition coefficient (Wildman–Crippen LogP) is 5.42. The van der Waals surface area contributed by atoms with E-state index in [1.807, 2.05) is 24.3 Å². The number of halogens is 3. The zero-order valence-corrected chi connectivity index (χ0v) is 18.5. The maximum atomic E-state index is 13.0. The normalized spacial score (nSPS) is 15.3. The number of pyridine rings is 1. The molecular weight excluding hydrogens is 449 g/mol. The van der Waals surface area contributed by atoms with E-state index in [1.54, 1.807) is 7.05 Å². The van der Waals surface area contributed by atoms with Crippen LogP contribution in [0.15, 0.2) is 47.3 Å². The van der Waals surface area contributed by atoms with Crippen LogP contribution in [0, 0.1) is 11.3 Å². The van der Waals surface area contributed by atoms with Gasteiger partial charge < -0.3 is 9.47 Å². The molecule has 1 aliphatic heterocycles. The lowest BCUT2D eigenvalue weighted by atomic mass is 9.96. The van der Waals surface area contributed by atoms with Crippen LogP contribution in [0.3, 0.4) is 0 Å². The molecule has 9 heteroatoms. The van der Waals surface area contributed by atoms with Gasteiger partial charge in [-0.15, -0.1) is 11.3 Å². The molecule has 168 valence electrons. The number of anilines is 1. The molecule has 0 saturated carbocycles. The number of rotatable bonds is 2. The number of para-hydroxylation sites is 1. The summed E-state index contributed by atoms with van der Waals surface area (Å²) in [5.74, 6) is 0.122. The van der Waals surface area contributed by atoms with E-state index in [9.17, 15) is 23.2 Å². The van der Waals surface area contributed by atoms with Gasteiger partial charge in [-0.1, -0.05) is 18.2 Å². The second-order valence-corrected chi connectivity index (χ2v) is 9.27. The summed E-state index contributed by atoms with van der Waals surface area (Å²) in [6.07, 6.45) is -2.92. The SMILES string of the molecule is Cn1c(=O)c(C#N)c(N2CCC(c3nc4cc(C(F)(F)F)ccc4s3)CC2)c2ccccc21. The Morgan fingerprint density at radius 3 is 2.58 bits per heavy atom. The van der Waals surface area contributed by atoms with Crippen LogP contribution in [0.5, 0.6) is 0 Å². The van der Waals surface area contributed by atoms with Gasteiger partial charge in [0.1, 0.15) is 11.6 Å². The Labute approximate surface area is 191 Å². The van der Waals surface area contributed by atoms with Crippen molar-refractivity contribution in [2.24, 2.45) is 7.05 Å². The lowest BCUT2D eigenvalue weighted by molar-refractivity contribution is -0.137. The summed E-state index contributed by atoms with van der Waals surface area (Å²) >= 11 is 1.43. The largest absolute Gasteiger partial charge is 0.416 e. The molecule has 5 nitrogen and oxygen atoms in total. The van der Waals surface area contributed by atoms with Gasteiger partial charge in [0, 0.05) is 31.4 Å². The third kappa shape index (κ3) is 3.64. The number of thiazole rings is 1. The molecule has 1 aliphatic rings. The van der Waals surface area contributed by atoms with Gasteiger partial charge in [-0.2, -0.15) is 18.4 Å². The molecule has 0 unspecified atom stereocenters. The minimum absolute atomic E-state index is 0.122. The van der Waals surface area contributed by atoms with Gasteiger partial charge >= 0.3 is 6.18 Å². The number of piperidine rings is 1. The quantitative estimate of drug-likeness (QED) is 0.394. The van der Waals surface area contributed by atoms with E-state index >= 15 is 0 Å². The topological polar surface area (TPSA) is 61.9 Å². The molecule has 2 aromatic heterocycles. The van der Waals surface area contributed by atoms with E-state index < -0.39 is 11.7 Å². The Bertz CT molecular complexity index is 1470. The summed E-state index contributed by atoms with van der Waals surface area (Å²) in [5.41, 5.74) is 0.924. The van der Waals surface area contributed by atoms with Crippen LogP contribution in [0.1, 0.15) is 34.9 Å². The van der Waals surface area contributed by atoms with Gasteiger partial charge in [0.15, 0.2) is 0 Å². The van der Waals surface area contributed by atoms with E-state index in [1.165, 1.54) is 22.0 Å². The van der Waals surface area contributed by atoms with Crippen LogP contribution in [-0.2, 0) is 13.2 Å². The number of aromatic nitrogens is 2.